The fourth-order valence-electron chi connectivity index (χ4n) is 2.63. The van der Waals surface area contributed by atoms with Crippen LogP contribution in [-0.2, 0) is 0 Å². The van der Waals surface area contributed by atoms with Crippen LogP contribution in [0.25, 0.3) is 0 Å². The van der Waals surface area contributed by atoms with Crippen molar-refractivity contribution in [2.45, 2.75) is 37.8 Å². The number of ether oxygens (including phenoxy) is 1. The molecular formula is C15H19F5O. The molecule has 6 heteroatoms. The van der Waals surface area contributed by atoms with Crippen molar-refractivity contribution in [2.24, 2.45) is 5.92 Å². The molecule has 120 valence electrons. The van der Waals surface area contributed by atoms with E-state index in [-0.39, 0.29) is 18.8 Å². The minimum absolute atomic E-state index is 0.250. The third-order valence-corrected chi connectivity index (χ3v) is 3.78. The smallest absolute Gasteiger partial charge is 0.391 e. The molecule has 0 radical (unpaired) electrons. The Morgan fingerprint density at radius 2 is 1.48 bits per heavy atom. The molecule has 0 spiro atoms. The molecule has 0 aliphatic heterocycles. The van der Waals surface area contributed by atoms with Crippen LogP contribution >= 0.6 is 0 Å². The van der Waals surface area contributed by atoms with E-state index in [0.717, 1.165) is 11.3 Å². The van der Waals surface area contributed by atoms with Gasteiger partial charge in [0, 0.05) is 0 Å². The van der Waals surface area contributed by atoms with Crippen LogP contribution in [0.3, 0.4) is 0 Å². The summed E-state index contributed by atoms with van der Waals surface area (Å²) in [7, 11) is 1.60. The average Bonchev–Trinajstić information content (AvgIpc) is 2.47. The zero-order valence-corrected chi connectivity index (χ0v) is 11.8. The molecule has 1 aliphatic carbocycles. The summed E-state index contributed by atoms with van der Waals surface area (Å²) in [5.41, 5.74) is 1.12. The second-order valence-electron chi connectivity index (χ2n) is 4.96. The maximum atomic E-state index is 12.6. The average molecular weight is 310 g/mol. The SMILES string of the molecule is COc1ccc(C2CCC(C(F)(F)F)CC2)cc1.FCF. The summed E-state index contributed by atoms with van der Waals surface area (Å²) >= 11 is 0. The fraction of sp³-hybridized carbons (Fsp3) is 0.600. The summed E-state index contributed by atoms with van der Waals surface area (Å²) in [6, 6.07) is 7.64. The van der Waals surface area contributed by atoms with Gasteiger partial charge in [-0.05, 0) is 49.3 Å². The first-order valence-electron chi connectivity index (χ1n) is 6.75. The molecule has 0 heterocycles. The van der Waals surface area contributed by atoms with Gasteiger partial charge in [0.2, 0.25) is 6.93 Å². The topological polar surface area (TPSA) is 9.23 Å². The molecule has 0 N–H and O–H groups in total. The van der Waals surface area contributed by atoms with Crippen molar-refractivity contribution in [3.8, 4) is 5.75 Å². The van der Waals surface area contributed by atoms with E-state index in [1.54, 1.807) is 7.11 Å². The predicted molar refractivity (Wildman–Crippen MR) is 70.8 cm³/mol. The van der Waals surface area contributed by atoms with Crippen LogP contribution in [0.2, 0.25) is 0 Å². The standard InChI is InChI=1S/C14H17F3O.CH2F2/c1-18-13-8-4-11(5-9-13)10-2-6-12(7-3-10)14(15,16)17;2-1-3/h4-5,8-10,12H,2-3,6-7H2,1H3;1H2. The Bertz CT molecular complexity index is 394. The lowest BCUT2D eigenvalue weighted by Gasteiger charge is -2.30. The minimum Gasteiger partial charge on any atom is -0.497 e. The molecule has 0 unspecified atom stereocenters. The van der Waals surface area contributed by atoms with Gasteiger partial charge in [-0.15, -0.1) is 0 Å². The predicted octanol–water partition coefficient (Wildman–Crippen LogP) is 5.41. The third kappa shape index (κ3) is 5.52. The Morgan fingerprint density at radius 1 is 1.00 bits per heavy atom. The molecule has 1 fully saturated rings. The van der Waals surface area contributed by atoms with E-state index < -0.39 is 19.0 Å². The van der Waals surface area contributed by atoms with E-state index in [4.69, 9.17) is 4.74 Å². The molecular weight excluding hydrogens is 291 g/mol. The molecule has 0 amide bonds. The highest BCUT2D eigenvalue weighted by Crippen LogP contribution is 2.42. The third-order valence-electron chi connectivity index (χ3n) is 3.78. The maximum Gasteiger partial charge on any atom is 0.391 e. The number of halogens is 5. The van der Waals surface area contributed by atoms with Gasteiger partial charge < -0.3 is 4.74 Å². The molecule has 1 nitrogen and oxygen atoms in total. The quantitative estimate of drug-likeness (QED) is 0.663. The summed E-state index contributed by atoms with van der Waals surface area (Å²) in [6.45, 7) is -1.75. The fourth-order valence-corrected chi connectivity index (χ4v) is 2.63. The molecule has 0 atom stereocenters. The number of benzene rings is 1. The summed E-state index contributed by atoms with van der Waals surface area (Å²) < 4.78 is 62.0. The van der Waals surface area contributed by atoms with Gasteiger partial charge in [-0.25, -0.2) is 8.78 Å². The Kier molecular flexibility index (Phi) is 6.92. The van der Waals surface area contributed by atoms with Gasteiger partial charge >= 0.3 is 6.18 Å². The normalized spacial score (nSPS) is 22.2. The Labute approximate surface area is 121 Å². The number of hydrogen-bond acceptors (Lipinski definition) is 1. The zero-order chi connectivity index (χ0) is 15.9. The van der Waals surface area contributed by atoms with Crippen LogP contribution < -0.4 is 4.74 Å². The van der Waals surface area contributed by atoms with E-state index >= 15 is 0 Å². The molecule has 1 aromatic carbocycles. The molecule has 0 bridgehead atoms. The van der Waals surface area contributed by atoms with Gasteiger partial charge in [0.05, 0.1) is 13.0 Å². The second-order valence-corrected chi connectivity index (χ2v) is 4.96. The van der Waals surface area contributed by atoms with E-state index in [9.17, 15) is 22.0 Å². The van der Waals surface area contributed by atoms with Crippen molar-refractivity contribution in [2.75, 3.05) is 14.0 Å². The first-order valence-corrected chi connectivity index (χ1v) is 6.75. The Balaban J connectivity index is 0.000000677. The molecule has 1 saturated carbocycles. The van der Waals surface area contributed by atoms with Crippen molar-refractivity contribution in [3.63, 3.8) is 0 Å². The van der Waals surface area contributed by atoms with Crippen molar-refractivity contribution >= 4 is 0 Å². The van der Waals surface area contributed by atoms with Crippen LogP contribution in [0.1, 0.15) is 37.2 Å². The maximum absolute atomic E-state index is 12.6. The number of rotatable bonds is 2. The van der Waals surface area contributed by atoms with Crippen LogP contribution in [-0.4, -0.2) is 20.2 Å². The molecule has 2 rings (SSSR count). The first kappa shape index (κ1) is 17.7. The van der Waals surface area contributed by atoms with Gasteiger partial charge in [-0.1, -0.05) is 12.1 Å². The van der Waals surface area contributed by atoms with E-state index in [1.165, 1.54) is 0 Å². The van der Waals surface area contributed by atoms with Gasteiger partial charge in [-0.2, -0.15) is 13.2 Å². The highest BCUT2D eigenvalue weighted by atomic mass is 19.4. The highest BCUT2D eigenvalue weighted by molar-refractivity contribution is 5.29. The molecule has 1 aliphatic rings. The van der Waals surface area contributed by atoms with E-state index in [2.05, 4.69) is 0 Å². The minimum atomic E-state index is -4.02. The summed E-state index contributed by atoms with van der Waals surface area (Å²) in [4.78, 5) is 0. The monoisotopic (exact) mass is 310 g/mol. The molecule has 1 aromatic rings. The number of methoxy groups -OCH3 is 1. The highest BCUT2D eigenvalue weighted by Gasteiger charge is 2.41. The number of hydrogen-bond donors (Lipinski definition) is 0. The van der Waals surface area contributed by atoms with Crippen molar-refractivity contribution in [1.82, 2.24) is 0 Å². The van der Waals surface area contributed by atoms with Gasteiger partial charge in [-0.3, -0.25) is 0 Å². The van der Waals surface area contributed by atoms with Crippen molar-refractivity contribution in [1.29, 1.82) is 0 Å². The summed E-state index contributed by atoms with van der Waals surface area (Å²) in [5, 5.41) is 0. The van der Waals surface area contributed by atoms with Crippen LogP contribution in [0.15, 0.2) is 24.3 Å². The Hall–Kier alpha value is -1.33. The molecule has 0 saturated heterocycles. The lowest BCUT2D eigenvalue weighted by Crippen LogP contribution is -2.27. The lowest BCUT2D eigenvalue weighted by atomic mass is 9.78. The van der Waals surface area contributed by atoms with E-state index in [1.807, 2.05) is 24.3 Å². The van der Waals surface area contributed by atoms with Crippen LogP contribution in [0, 0.1) is 5.92 Å². The zero-order valence-electron chi connectivity index (χ0n) is 11.8. The first-order chi connectivity index (χ1) is 9.92. The van der Waals surface area contributed by atoms with Gasteiger partial charge in [0.25, 0.3) is 0 Å². The lowest BCUT2D eigenvalue weighted by molar-refractivity contribution is -0.182. The van der Waals surface area contributed by atoms with Crippen LogP contribution in [0.5, 0.6) is 5.75 Å². The Morgan fingerprint density at radius 3 is 1.86 bits per heavy atom. The molecule has 0 aromatic heterocycles. The van der Waals surface area contributed by atoms with Crippen molar-refractivity contribution < 1.29 is 26.7 Å². The summed E-state index contributed by atoms with van der Waals surface area (Å²) in [5.74, 6) is -0.0655. The van der Waals surface area contributed by atoms with E-state index in [0.29, 0.717) is 12.8 Å². The molecule has 21 heavy (non-hydrogen) atoms. The van der Waals surface area contributed by atoms with Gasteiger partial charge in [0.15, 0.2) is 0 Å². The van der Waals surface area contributed by atoms with Crippen molar-refractivity contribution in [3.05, 3.63) is 29.8 Å². The van der Waals surface area contributed by atoms with Gasteiger partial charge in [0.1, 0.15) is 5.75 Å². The summed E-state index contributed by atoms with van der Waals surface area (Å²) in [6.07, 6.45) is -2.28. The largest absolute Gasteiger partial charge is 0.497 e. The number of alkyl halides is 5. The second kappa shape index (κ2) is 8.20. The van der Waals surface area contributed by atoms with Crippen LogP contribution in [0.4, 0.5) is 22.0 Å².